The van der Waals surface area contributed by atoms with Gasteiger partial charge in [0.05, 0.1) is 17.2 Å². The molecule has 1 heterocycles. The molecule has 30 heavy (non-hydrogen) atoms. The quantitative estimate of drug-likeness (QED) is 0.584. The fourth-order valence-corrected chi connectivity index (χ4v) is 3.95. The van der Waals surface area contributed by atoms with Crippen LogP contribution in [-0.4, -0.2) is 28.5 Å². The first-order valence-electron chi connectivity index (χ1n) is 9.99. The number of rotatable bonds is 4. The molecule has 2 N–H and O–H groups in total. The van der Waals surface area contributed by atoms with Gasteiger partial charge in [0.15, 0.2) is 5.78 Å². The number of carbonyl (C=O) groups excluding carboxylic acids is 2. The summed E-state index contributed by atoms with van der Waals surface area (Å²) in [6.07, 6.45) is 2.26. The van der Waals surface area contributed by atoms with Gasteiger partial charge in [-0.2, -0.15) is 0 Å². The lowest BCUT2D eigenvalue weighted by molar-refractivity contribution is -0.142. The zero-order chi connectivity index (χ0) is 21.3. The number of amides is 1. The van der Waals surface area contributed by atoms with Gasteiger partial charge in [0.25, 0.3) is 5.91 Å². The number of nitrogens with zero attached hydrogens (tertiary/aromatic N) is 1. The first-order chi connectivity index (χ1) is 14.4. The minimum absolute atomic E-state index is 0.0731. The van der Waals surface area contributed by atoms with Gasteiger partial charge in [0.2, 0.25) is 0 Å². The number of fused-ring (bicyclic) bond motifs is 1. The number of Topliss-reactive ketones (excluding diaryl/α,β-unsaturated/α-hetero) is 1. The molecule has 1 amide bonds. The van der Waals surface area contributed by atoms with Crippen LogP contribution in [0.1, 0.15) is 54.1 Å². The molecule has 2 aromatic carbocycles. The van der Waals surface area contributed by atoms with Crippen LogP contribution in [0.5, 0.6) is 0 Å². The number of carbonyl (C=O) groups is 3. The molecule has 1 fully saturated rings. The van der Waals surface area contributed by atoms with Crippen molar-refractivity contribution < 1.29 is 19.5 Å². The van der Waals surface area contributed by atoms with Gasteiger partial charge in [-0.25, -0.2) is 0 Å². The average Bonchev–Trinajstić information content (AvgIpc) is 3.07. The van der Waals surface area contributed by atoms with Crippen molar-refractivity contribution in [3.8, 4) is 0 Å². The van der Waals surface area contributed by atoms with E-state index in [4.69, 9.17) is 4.99 Å². The zero-order valence-electron chi connectivity index (χ0n) is 16.6. The van der Waals surface area contributed by atoms with Gasteiger partial charge in [0, 0.05) is 28.1 Å². The summed E-state index contributed by atoms with van der Waals surface area (Å²) in [4.78, 5) is 40.9. The fourth-order valence-electron chi connectivity index (χ4n) is 3.95. The first kappa shape index (κ1) is 19.8. The third kappa shape index (κ3) is 3.81. The molecular weight excluding hydrogens is 380 g/mol. The van der Waals surface area contributed by atoms with Gasteiger partial charge in [-0.1, -0.05) is 30.3 Å². The molecule has 0 spiro atoms. The number of carboxylic acid groups (broad SMARTS) is 1. The Morgan fingerprint density at radius 1 is 1.03 bits per heavy atom. The van der Waals surface area contributed by atoms with Gasteiger partial charge in [-0.15, -0.1) is 0 Å². The second-order valence-electron chi connectivity index (χ2n) is 7.65. The maximum absolute atomic E-state index is 12.9. The largest absolute Gasteiger partial charge is 0.481 e. The molecular formula is C24H22N2O4. The summed E-state index contributed by atoms with van der Waals surface area (Å²) in [6.45, 7) is 1.49. The van der Waals surface area contributed by atoms with E-state index in [1.165, 1.54) is 6.92 Å². The molecule has 6 heteroatoms. The van der Waals surface area contributed by atoms with Crippen LogP contribution in [0, 0.1) is 5.92 Å². The average molecular weight is 402 g/mol. The standard InChI is InChI=1S/C24H22N2O4/c1-14(27)17-9-12-20-19(13-17)21(23(28)26-20)22(15-5-3-2-4-6-15)25-18-10-7-16(8-11-18)24(29)30/h2-6,9,12-13,16H,7-8,10-11H2,1H3,(H,26,28)(H,29,30)/b22-21-,25-18?. The monoisotopic (exact) mass is 402 g/mol. The van der Waals surface area contributed by atoms with Crippen LogP contribution in [-0.2, 0) is 9.59 Å². The number of benzene rings is 2. The van der Waals surface area contributed by atoms with E-state index >= 15 is 0 Å². The van der Waals surface area contributed by atoms with Crippen LogP contribution < -0.4 is 5.32 Å². The molecule has 0 radical (unpaired) electrons. The summed E-state index contributed by atoms with van der Waals surface area (Å²) in [5, 5.41) is 12.1. The Balaban J connectivity index is 1.84. The van der Waals surface area contributed by atoms with E-state index in [1.807, 2.05) is 30.3 Å². The number of nitrogens with one attached hydrogen (secondary N) is 1. The van der Waals surface area contributed by atoms with Crippen molar-refractivity contribution in [2.24, 2.45) is 10.9 Å². The predicted octanol–water partition coefficient (Wildman–Crippen LogP) is 4.43. The van der Waals surface area contributed by atoms with Crippen molar-refractivity contribution in [3.05, 3.63) is 65.2 Å². The highest BCUT2D eigenvalue weighted by molar-refractivity contribution is 6.37. The van der Waals surface area contributed by atoms with Gasteiger partial charge in [-0.3, -0.25) is 19.4 Å². The van der Waals surface area contributed by atoms with Gasteiger partial charge in [0.1, 0.15) is 0 Å². The summed E-state index contributed by atoms with van der Waals surface area (Å²) < 4.78 is 0. The highest BCUT2D eigenvalue weighted by Crippen LogP contribution is 2.39. The Morgan fingerprint density at radius 2 is 1.73 bits per heavy atom. The Morgan fingerprint density at radius 3 is 2.37 bits per heavy atom. The van der Waals surface area contributed by atoms with Gasteiger partial charge in [-0.05, 0) is 50.8 Å². The van der Waals surface area contributed by atoms with Crippen molar-refractivity contribution in [3.63, 3.8) is 0 Å². The fraction of sp³-hybridized carbons (Fsp3) is 0.250. The smallest absolute Gasteiger partial charge is 0.306 e. The molecule has 6 nitrogen and oxygen atoms in total. The van der Waals surface area contributed by atoms with Crippen LogP contribution >= 0.6 is 0 Å². The minimum Gasteiger partial charge on any atom is -0.481 e. The van der Waals surface area contributed by atoms with E-state index in [2.05, 4.69) is 5.32 Å². The lowest BCUT2D eigenvalue weighted by Gasteiger charge is -2.20. The minimum atomic E-state index is -0.767. The Hall–Kier alpha value is -3.54. The van der Waals surface area contributed by atoms with Crippen LogP contribution in [0.4, 0.5) is 5.69 Å². The summed E-state index contributed by atoms with van der Waals surface area (Å²) >= 11 is 0. The molecule has 0 aromatic heterocycles. The third-order valence-electron chi connectivity index (χ3n) is 5.64. The lowest BCUT2D eigenvalue weighted by atomic mass is 9.88. The maximum Gasteiger partial charge on any atom is 0.306 e. The summed E-state index contributed by atoms with van der Waals surface area (Å²) in [7, 11) is 0. The van der Waals surface area contributed by atoms with Crippen molar-refractivity contribution in [2.75, 3.05) is 5.32 Å². The van der Waals surface area contributed by atoms with E-state index in [0.29, 0.717) is 53.8 Å². The van der Waals surface area contributed by atoms with Crippen LogP contribution in [0.15, 0.2) is 53.5 Å². The molecule has 152 valence electrons. The summed E-state index contributed by atoms with van der Waals surface area (Å²) in [5.74, 6) is -1.44. The normalized spacial score (nSPS) is 19.7. The molecule has 1 aliphatic carbocycles. The summed E-state index contributed by atoms with van der Waals surface area (Å²) in [5.41, 5.74) is 4.53. The SMILES string of the molecule is CC(=O)c1ccc2c(c1)/C(=C(/N=C1CCC(C(=O)O)CC1)c1ccccc1)C(=O)N2. The molecule has 1 aliphatic heterocycles. The Kier molecular flexibility index (Phi) is 5.31. The molecule has 0 unspecified atom stereocenters. The molecule has 0 atom stereocenters. The van der Waals surface area contributed by atoms with E-state index in [-0.39, 0.29) is 17.6 Å². The summed E-state index contributed by atoms with van der Waals surface area (Å²) in [6, 6.07) is 14.6. The van der Waals surface area contributed by atoms with E-state index in [1.54, 1.807) is 18.2 Å². The number of carboxylic acids is 1. The zero-order valence-corrected chi connectivity index (χ0v) is 16.6. The molecule has 1 saturated carbocycles. The van der Waals surface area contributed by atoms with Crippen molar-refractivity contribution in [2.45, 2.75) is 32.6 Å². The van der Waals surface area contributed by atoms with Crippen molar-refractivity contribution in [1.29, 1.82) is 0 Å². The van der Waals surface area contributed by atoms with Gasteiger partial charge < -0.3 is 10.4 Å². The molecule has 4 rings (SSSR count). The Bertz CT molecular complexity index is 1090. The van der Waals surface area contributed by atoms with Crippen LogP contribution in [0.3, 0.4) is 0 Å². The number of aliphatic imine (C=N–C) groups is 1. The highest BCUT2D eigenvalue weighted by Gasteiger charge is 2.30. The van der Waals surface area contributed by atoms with Crippen LogP contribution in [0.2, 0.25) is 0 Å². The van der Waals surface area contributed by atoms with Crippen LogP contribution in [0.25, 0.3) is 11.3 Å². The maximum atomic E-state index is 12.9. The number of anilines is 1. The molecule has 0 bridgehead atoms. The highest BCUT2D eigenvalue weighted by atomic mass is 16.4. The topological polar surface area (TPSA) is 95.8 Å². The first-order valence-corrected chi connectivity index (χ1v) is 9.99. The van der Waals surface area contributed by atoms with E-state index in [0.717, 1.165) is 11.3 Å². The van der Waals surface area contributed by atoms with Crippen molar-refractivity contribution in [1.82, 2.24) is 0 Å². The molecule has 0 saturated heterocycles. The van der Waals surface area contributed by atoms with Gasteiger partial charge >= 0.3 is 5.97 Å². The Labute approximate surface area is 174 Å². The second kappa shape index (κ2) is 8.06. The lowest BCUT2D eigenvalue weighted by Crippen LogP contribution is -2.21. The number of aliphatic carboxylic acids is 1. The second-order valence-corrected chi connectivity index (χ2v) is 7.65. The number of hydrogen-bond donors (Lipinski definition) is 2. The third-order valence-corrected chi connectivity index (χ3v) is 5.64. The molecule has 2 aliphatic rings. The number of ketones is 1. The van der Waals surface area contributed by atoms with E-state index < -0.39 is 5.97 Å². The van der Waals surface area contributed by atoms with Crippen molar-refractivity contribution >= 4 is 40.3 Å². The van der Waals surface area contributed by atoms with E-state index in [9.17, 15) is 19.5 Å². The molecule has 2 aromatic rings. The predicted molar refractivity (Wildman–Crippen MR) is 115 cm³/mol. The number of hydrogen-bond acceptors (Lipinski definition) is 4.